The molecule has 0 unspecified atom stereocenters. The van der Waals surface area contributed by atoms with Crippen molar-refractivity contribution in [3.8, 4) is 44.8 Å². The number of para-hydroxylation sites is 1. The number of rotatable bonds is 5. The molecule has 2 nitrogen and oxygen atoms in total. The third-order valence-corrected chi connectivity index (χ3v) is 10.4. The minimum absolute atomic E-state index is 0.526. The molecule has 9 aromatic rings. The van der Waals surface area contributed by atoms with E-state index in [1.807, 2.05) is 18.2 Å². The van der Waals surface area contributed by atoms with Crippen LogP contribution in [0.1, 0.15) is 22.3 Å². The minimum Gasteiger partial charge on any atom is -0.455 e. The standard InChI is InChI=1S/C48H31NO/c1-5-15-32(16-6-1)43-30-35(31-44(49-43)33-17-7-2-8-18-33)34-25-27-41-40(29-34)46-42(28-26-39-38-23-13-14-24-45(38)50-47(39)46)48(41,36-19-9-3-10-20-36)37-21-11-4-12-22-37/h1-31H. The molecular formula is C48H31NO. The number of furan rings is 1. The third kappa shape index (κ3) is 4.25. The summed E-state index contributed by atoms with van der Waals surface area (Å²) in [5.41, 5.74) is 14.9. The highest BCUT2D eigenvalue weighted by Gasteiger charge is 2.47. The number of hydrogen-bond acceptors (Lipinski definition) is 2. The molecule has 0 spiro atoms. The van der Waals surface area contributed by atoms with Crippen LogP contribution in [-0.2, 0) is 5.41 Å². The molecule has 0 N–H and O–H groups in total. The van der Waals surface area contributed by atoms with Crippen molar-refractivity contribution >= 4 is 21.9 Å². The second-order valence-corrected chi connectivity index (χ2v) is 13.1. The molecule has 0 amide bonds. The van der Waals surface area contributed by atoms with E-state index in [4.69, 9.17) is 9.40 Å². The zero-order valence-corrected chi connectivity index (χ0v) is 27.3. The Kier molecular flexibility index (Phi) is 6.43. The summed E-state index contributed by atoms with van der Waals surface area (Å²) in [6.07, 6.45) is 0. The van der Waals surface area contributed by atoms with Crippen LogP contribution >= 0.6 is 0 Å². The van der Waals surface area contributed by atoms with Gasteiger partial charge in [-0.15, -0.1) is 0 Å². The summed E-state index contributed by atoms with van der Waals surface area (Å²) in [5.74, 6) is 0. The lowest BCUT2D eigenvalue weighted by atomic mass is 9.67. The van der Waals surface area contributed by atoms with Gasteiger partial charge in [0.2, 0.25) is 0 Å². The van der Waals surface area contributed by atoms with E-state index in [0.717, 1.165) is 61.1 Å². The Morgan fingerprint density at radius 1 is 0.400 bits per heavy atom. The van der Waals surface area contributed by atoms with Crippen LogP contribution in [0.4, 0.5) is 0 Å². The van der Waals surface area contributed by atoms with E-state index in [0.29, 0.717) is 0 Å². The fourth-order valence-corrected chi connectivity index (χ4v) is 8.15. The van der Waals surface area contributed by atoms with E-state index in [2.05, 4.69) is 170 Å². The molecule has 0 radical (unpaired) electrons. The van der Waals surface area contributed by atoms with Crippen molar-refractivity contribution in [1.82, 2.24) is 4.98 Å². The Bertz CT molecular complexity index is 2580. The number of nitrogens with zero attached hydrogens (tertiary/aromatic N) is 1. The first-order valence-electron chi connectivity index (χ1n) is 17.1. The van der Waals surface area contributed by atoms with E-state index < -0.39 is 5.41 Å². The van der Waals surface area contributed by atoms with Gasteiger partial charge in [-0.3, -0.25) is 0 Å². The van der Waals surface area contributed by atoms with Gasteiger partial charge in [0.05, 0.1) is 16.8 Å². The molecule has 0 fully saturated rings. The van der Waals surface area contributed by atoms with E-state index in [-0.39, 0.29) is 0 Å². The van der Waals surface area contributed by atoms with E-state index >= 15 is 0 Å². The Morgan fingerprint density at radius 2 is 0.940 bits per heavy atom. The van der Waals surface area contributed by atoms with Crippen LogP contribution in [0.3, 0.4) is 0 Å². The highest BCUT2D eigenvalue weighted by Crippen LogP contribution is 2.59. The van der Waals surface area contributed by atoms with E-state index in [9.17, 15) is 0 Å². The van der Waals surface area contributed by atoms with Gasteiger partial charge in [-0.2, -0.15) is 0 Å². The summed E-state index contributed by atoms with van der Waals surface area (Å²) in [6, 6.07) is 67.2. The first-order chi connectivity index (χ1) is 24.8. The molecule has 0 atom stereocenters. The smallest absolute Gasteiger partial charge is 0.143 e. The maximum absolute atomic E-state index is 6.81. The molecular weight excluding hydrogens is 607 g/mol. The fourth-order valence-electron chi connectivity index (χ4n) is 8.15. The van der Waals surface area contributed by atoms with Crippen LogP contribution in [-0.4, -0.2) is 4.98 Å². The van der Waals surface area contributed by atoms with Crippen LogP contribution in [0.15, 0.2) is 192 Å². The van der Waals surface area contributed by atoms with Crippen molar-refractivity contribution in [2.24, 2.45) is 0 Å². The minimum atomic E-state index is -0.526. The molecule has 0 saturated heterocycles. The van der Waals surface area contributed by atoms with Crippen molar-refractivity contribution < 1.29 is 4.42 Å². The Balaban J connectivity index is 1.29. The lowest BCUT2D eigenvalue weighted by molar-refractivity contribution is 0.669. The number of fused-ring (bicyclic) bond motifs is 7. The highest BCUT2D eigenvalue weighted by molar-refractivity contribution is 6.12. The second-order valence-electron chi connectivity index (χ2n) is 13.1. The third-order valence-electron chi connectivity index (χ3n) is 10.4. The number of hydrogen-bond donors (Lipinski definition) is 0. The molecule has 0 aliphatic heterocycles. The Labute approximate surface area is 291 Å². The summed E-state index contributed by atoms with van der Waals surface area (Å²) >= 11 is 0. The second kappa shape index (κ2) is 11.3. The molecule has 0 bridgehead atoms. The molecule has 1 aliphatic carbocycles. The Morgan fingerprint density at radius 3 is 1.56 bits per heavy atom. The zero-order valence-electron chi connectivity index (χ0n) is 27.3. The quantitative estimate of drug-likeness (QED) is 0.188. The van der Waals surface area contributed by atoms with Crippen LogP contribution in [0, 0.1) is 0 Å². The van der Waals surface area contributed by atoms with E-state index in [1.165, 1.54) is 27.8 Å². The molecule has 2 aromatic heterocycles. The van der Waals surface area contributed by atoms with Gasteiger partial charge in [0.1, 0.15) is 11.2 Å². The molecule has 2 heteroatoms. The van der Waals surface area contributed by atoms with Crippen molar-refractivity contribution in [2.45, 2.75) is 5.41 Å². The first kappa shape index (κ1) is 28.5. The molecule has 0 saturated carbocycles. The van der Waals surface area contributed by atoms with Gasteiger partial charge in [-0.05, 0) is 63.2 Å². The predicted molar refractivity (Wildman–Crippen MR) is 205 cm³/mol. The molecule has 234 valence electrons. The van der Waals surface area contributed by atoms with Crippen molar-refractivity contribution in [2.75, 3.05) is 0 Å². The van der Waals surface area contributed by atoms with Gasteiger partial charge in [-0.1, -0.05) is 164 Å². The summed E-state index contributed by atoms with van der Waals surface area (Å²) in [5, 5.41) is 2.27. The topological polar surface area (TPSA) is 26.0 Å². The number of benzene rings is 7. The van der Waals surface area contributed by atoms with Gasteiger partial charge >= 0.3 is 0 Å². The van der Waals surface area contributed by atoms with Gasteiger partial charge in [0.15, 0.2) is 0 Å². The SMILES string of the molecule is c1ccc(-c2cc(-c3ccc4c(c3)-c3c(ccc5c3oc3ccccc35)C4(c3ccccc3)c3ccccc3)cc(-c3ccccc3)n2)cc1. The van der Waals surface area contributed by atoms with Crippen molar-refractivity contribution in [1.29, 1.82) is 0 Å². The first-order valence-corrected chi connectivity index (χ1v) is 17.1. The number of aromatic nitrogens is 1. The predicted octanol–water partition coefficient (Wildman–Crippen LogP) is 12.3. The van der Waals surface area contributed by atoms with Crippen LogP contribution < -0.4 is 0 Å². The molecule has 2 heterocycles. The summed E-state index contributed by atoms with van der Waals surface area (Å²) in [7, 11) is 0. The summed E-state index contributed by atoms with van der Waals surface area (Å²) in [4.78, 5) is 5.16. The van der Waals surface area contributed by atoms with Crippen molar-refractivity contribution in [3.63, 3.8) is 0 Å². The van der Waals surface area contributed by atoms with Crippen LogP contribution in [0.2, 0.25) is 0 Å². The average molecular weight is 638 g/mol. The monoisotopic (exact) mass is 637 g/mol. The zero-order chi connectivity index (χ0) is 33.1. The fraction of sp³-hybridized carbons (Fsp3) is 0.0208. The van der Waals surface area contributed by atoms with Gasteiger partial charge in [0.25, 0.3) is 0 Å². The maximum atomic E-state index is 6.81. The van der Waals surface area contributed by atoms with Crippen LogP contribution in [0.5, 0.6) is 0 Å². The highest BCUT2D eigenvalue weighted by atomic mass is 16.3. The van der Waals surface area contributed by atoms with Gasteiger partial charge < -0.3 is 4.42 Å². The lowest BCUT2D eigenvalue weighted by Gasteiger charge is -2.33. The average Bonchev–Trinajstić information content (AvgIpc) is 3.73. The molecule has 7 aromatic carbocycles. The molecule has 10 rings (SSSR count). The normalized spacial score (nSPS) is 13.0. The maximum Gasteiger partial charge on any atom is 0.143 e. The molecule has 1 aliphatic rings. The summed E-state index contributed by atoms with van der Waals surface area (Å²) in [6.45, 7) is 0. The lowest BCUT2D eigenvalue weighted by Crippen LogP contribution is -2.28. The Hall–Kier alpha value is -6.51. The van der Waals surface area contributed by atoms with Gasteiger partial charge in [-0.25, -0.2) is 4.98 Å². The van der Waals surface area contributed by atoms with Gasteiger partial charge in [0, 0.05) is 27.5 Å². The van der Waals surface area contributed by atoms with E-state index in [1.54, 1.807) is 0 Å². The van der Waals surface area contributed by atoms with Crippen LogP contribution in [0.25, 0.3) is 66.7 Å². The largest absolute Gasteiger partial charge is 0.455 e. The molecule has 50 heavy (non-hydrogen) atoms. The number of pyridine rings is 1. The van der Waals surface area contributed by atoms with Crippen molar-refractivity contribution in [3.05, 3.63) is 210 Å². The summed E-state index contributed by atoms with van der Waals surface area (Å²) < 4.78 is 6.81.